The molecule has 38 heavy (non-hydrogen) atoms. The normalized spacial score (nSPS) is 20.9. The fourth-order valence-electron chi connectivity index (χ4n) is 5.24. The Bertz CT molecular complexity index is 1180. The van der Waals surface area contributed by atoms with Crippen LogP contribution in [0.5, 0.6) is 5.75 Å². The van der Waals surface area contributed by atoms with E-state index in [9.17, 15) is 19.8 Å². The number of piperidine rings is 1. The Morgan fingerprint density at radius 3 is 2.66 bits per heavy atom. The number of aromatic nitrogens is 2. The van der Waals surface area contributed by atoms with E-state index >= 15 is 0 Å². The summed E-state index contributed by atoms with van der Waals surface area (Å²) in [5.41, 5.74) is 2.32. The molecule has 1 unspecified atom stereocenters. The SMILES string of the molecule is CC(=O)N1CC(Nc2cc(C(=O)NCC(O)[C@@H]3Cc4ccc(O)cc4CN3)nc(N3CCC(C)CC3)n2)C1. The van der Waals surface area contributed by atoms with Gasteiger partial charge in [0.25, 0.3) is 5.91 Å². The summed E-state index contributed by atoms with van der Waals surface area (Å²) in [6, 6.07) is 6.75. The van der Waals surface area contributed by atoms with Crippen molar-refractivity contribution in [1.29, 1.82) is 0 Å². The number of phenols is 1. The van der Waals surface area contributed by atoms with Gasteiger partial charge in [-0.2, -0.15) is 4.98 Å². The Morgan fingerprint density at radius 2 is 1.92 bits per heavy atom. The van der Waals surface area contributed by atoms with Crippen LogP contribution in [-0.4, -0.2) is 87.8 Å². The van der Waals surface area contributed by atoms with Gasteiger partial charge in [0.15, 0.2) is 0 Å². The Kier molecular flexibility index (Phi) is 7.66. The quantitative estimate of drug-likeness (QED) is 0.357. The molecular formula is C27H37N7O4. The lowest BCUT2D eigenvalue weighted by atomic mass is 9.92. The smallest absolute Gasteiger partial charge is 0.270 e. The van der Waals surface area contributed by atoms with E-state index in [4.69, 9.17) is 4.98 Å². The first kappa shape index (κ1) is 26.2. The number of rotatable bonds is 7. The zero-order chi connectivity index (χ0) is 26.8. The number of carbonyl (C=O) groups excluding carboxylic acids is 2. The Hall–Kier alpha value is -3.44. The van der Waals surface area contributed by atoms with Gasteiger partial charge in [-0.1, -0.05) is 13.0 Å². The molecule has 0 spiro atoms. The molecule has 0 bridgehead atoms. The third kappa shape index (κ3) is 5.99. The van der Waals surface area contributed by atoms with Crippen LogP contribution in [0.4, 0.5) is 11.8 Å². The van der Waals surface area contributed by atoms with E-state index in [-0.39, 0.29) is 41.9 Å². The van der Waals surface area contributed by atoms with E-state index in [0.29, 0.717) is 43.7 Å². The summed E-state index contributed by atoms with van der Waals surface area (Å²) in [5, 5.41) is 30.0. The van der Waals surface area contributed by atoms with Gasteiger partial charge in [-0.25, -0.2) is 4.98 Å². The van der Waals surface area contributed by atoms with Crippen molar-refractivity contribution in [3.8, 4) is 5.75 Å². The zero-order valence-electron chi connectivity index (χ0n) is 22.0. The number of benzene rings is 1. The molecule has 2 saturated heterocycles. The van der Waals surface area contributed by atoms with Crippen LogP contribution in [0.15, 0.2) is 24.3 Å². The van der Waals surface area contributed by atoms with Crippen molar-refractivity contribution >= 4 is 23.6 Å². The highest BCUT2D eigenvalue weighted by molar-refractivity contribution is 5.93. The lowest BCUT2D eigenvalue weighted by Crippen LogP contribution is -2.56. The third-order valence-corrected chi connectivity index (χ3v) is 7.81. The van der Waals surface area contributed by atoms with Gasteiger partial charge in [-0.05, 0) is 48.4 Å². The molecule has 1 aromatic heterocycles. The van der Waals surface area contributed by atoms with Gasteiger partial charge >= 0.3 is 0 Å². The molecule has 0 aliphatic carbocycles. The fraction of sp³-hybridized carbons (Fsp3) is 0.556. The van der Waals surface area contributed by atoms with Crippen molar-refractivity contribution in [3.63, 3.8) is 0 Å². The molecule has 2 fully saturated rings. The average Bonchev–Trinajstić information content (AvgIpc) is 2.88. The van der Waals surface area contributed by atoms with Gasteiger partial charge in [-0.15, -0.1) is 0 Å². The number of phenolic OH excluding ortho intramolecular Hbond substituents is 1. The second kappa shape index (κ2) is 11.1. The molecule has 0 saturated carbocycles. The number of hydrogen-bond acceptors (Lipinski definition) is 9. The van der Waals surface area contributed by atoms with Crippen molar-refractivity contribution in [2.75, 3.05) is 42.9 Å². The standard InChI is InChI=1S/C27H37N7O4/c1-16-5-7-33(8-6-16)27-31-23(11-25(32-27)30-20-14-34(15-20)17(2)35)26(38)29-13-24(37)22-10-18-3-4-21(36)9-19(18)12-28-22/h3-4,9,11,16,20,22,24,28,36-37H,5-8,10,12-15H2,1-2H3,(H,29,38)(H,30,31,32)/t22-,24?/m0/s1. The van der Waals surface area contributed by atoms with E-state index < -0.39 is 6.10 Å². The fourth-order valence-corrected chi connectivity index (χ4v) is 5.24. The monoisotopic (exact) mass is 523 g/mol. The Balaban J connectivity index is 1.24. The maximum atomic E-state index is 13.2. The summed E-state index contributed by atoms with van der Waals surface area (Å²) in [5.74, 6) is 1.62. The van der Waals surface area contributed by atoms with E-state index in [1.165, 1.54) is 0 Å². The number of likely N-dealkylation sites (tertiary alicyclic amines) is 1. The number of aromatic hydroxyl groups is 1. The highest BCUT2D eigenvalue weighted by Crippen LogP contribution is 2.24. The minimum atomic E-state index is -0.795. The van der Waals surface area contributed by atoms with Crippen LogP contribution in [0.1, 0.15) is 48.3 Å². The molecule has 204 valence electrons. The number of amides is 2. The number of hydrogen-bond donors (Lipinski definition) is 5. The van der Waals surface area contributed by atoms with Crippen molar-refractivity contribution in [2.45, 2.75) is 57.8 Å². The number of nitrogens with zero attached hydrogens (tertiary/aromatic N) is 4. The van der Waals surface area contributed by atoms with Gasteiger partial charge in [-0.3, -0.25) is 9.59 Å². The summed E-state index contributed by atoms with van der Waals surface area (Å²) in [7, 11) is 0. The Labute approximate surface area is 222 Å². The molecule has 4 heterocycles. The van der Waals surface area contributed by atoms with Gasteiger partial charge in [0.05, 0.1) is 12.1 Å². The number of nitrogens with one attached hydrogen (secondary N) is 3. The molecule has 11 nitrogen and oxygen atoms in total. The van der Waals surface area contributed by atoms with Crippen LogP contribution in [0.25, 0.3) is 0 Å². The molecule has 3 aliphatic heterocycles. The molecule has 11 heteroatoms. The summed E-state index contributed by atoms with van der Waals surface area (Å²) >= 11 is 0. The second-order valence-electron chi connectivity index (χ2n) is 10.8. The first-order chi connectivity index (χ1) is 18.2. The van der Waals surface area contributed by atoms with E-state index in [1.54, 1.807) is 30.0 Å². The first-order valence-corrected chi connectivity index (χ1v) is 13.4. The first-order valence-electron chi connectivity index (χ1n) is 13.4. The number of aliphatic hydroxyl groups excluding tert-OH is 1. The molecule has 5 N–H and O–H groups in total. The van der Waals surface area contributed by atoms with Gasteiger partial charge < -0.3 is 36.0 Å². The number of fused-ring (bicyclic) bond motifs is 1. The minimum absolute atomic E-state index is 0.0431. The molecular weight excluding hydrogens is 486 g/mol. The summed E-state index contributed by atoms with van der Waals surface area (Å²) in [6.45, 7) is 7.27. The highest BCUT2D eigenvalue weighted by atomic mass is 16.3. The van der Waals surface area contributed by atoms with Crippen LogP contribution in [0.2, 0.25) is 0 Å². The predicted octanol–water partition coefficient (Wildman–Crippen LogP) is 0.866. The number of carbonyl (C=O) groups is 2. The van der Waals surface area contributed by atoms with Crippen molar-refractivity contribution in [3.05, 3.63) is 41.1 Å². The Morgan fingerprint density at radius 1 is 1.16 bits per heavy atom. The van der Waals surface area contributed by atoms with Crippen LogP contribution in [0, 0.1) is 5.92 Å². The zero-order valence-corrected chi connectivity index (χ0v) is 22.0. The molecule has 2 aromatic rings. The van der Waals surface area contributed by atoms with Gasteiger partial charge in [0.2, 0.25) is 11.9 Å². The molecule has 2 atom stereocenters. The number of aliphatic hydroxyl groups is 1. The largest absolute Gasteiger partial charge is 0.508 e. The van der Waals surface area contributed by atoms with Crippen LogP contribution < -0.4 is 20.9 Å². The lowest BCUT2D eigenvalue weighted by molar-refractivity contribution is -0.132. The van der Waals surface area contributed by atoms with Crippen LogP contribution in [-0.2, 0) is 17.8 Å². The summed E-state index contributed by atoms with van der Waals surface area (Å²) < 4.78 is 0. The van der Waals surface area contributed by atoms with Gasteiger partial charge in [0.1, 0.15) is 17.3 Å². The van der Waals surface area contributed by atoms with Crippen molar-refractivity contribution < 1.29 is 19.8 Å². The third-order valence-electron chi connectivity index (χ3n) is 7.81. The predicted molar refractivity (Wildman–Crippen MR) is 143 cm³/mol. The topological polar surface area (TPSA) is 143 Å². The molecule has 5 rings (SSSR count). The summed E-state index contributed by atoms with van der Waals surface area (Å²) in [6.07, 6.45) is 1.89. The summed E-state index contributed by atoms with van der Waals surface area (Å²) in [4.78, 5) is 37.8. The maximum Gasteiger partial charge on any atom is 0.270 e. The molecule has 1 aromatic carbocycles. The van der Waals surface area contributed by atoms with E-state index in [0.717, 1.165) is 37.1 Å². The van der Waals surface area contributed by atoms with Crippen molar-refractivity contribution in [1.82, 2.24) is 25.5 Å². The van der Waals surface area contributed by atoms with Crippen LogP contribution in [0.3, 0.4) is 0 Å². The molecule has 3 aliphatic rings. The van der Waals surface area contributed by atoms with Crippen LogP contribution >= 0.6 is 0 Å². The average molecular weight is 524 g/mol. The van der Waals surface area contributed by atoms with E-state index in [2.05, 4.69) is 32.8 Å². The molecule has 0 radical (unpaired) electrons. The second-order valence-corrected chi connectivity index (χ2v) is 10.8. The van der Waals surface area contributed by atoms with Crippen molar-refractivity contribution in [2.24, 2.45) is 5.92 Å². The lowest BCUT2D eigenvalue weighted by Gasteiger charge is -2.39. The van der Waals surface area contributed by atoms with Gasteiger partial charge in [0, 0.05) is 58.3 Å². The highest BCUT2D eigenvalue weighted by Gasteiger charge is 2.30. The minimum Gasteiger partial charge on any atom is -0.508 e. The van der Waals surface area contributed by atoms with E-state index in [1.807, 2.05) is 6.07 Å². The maximum absolute atomic E-state index is 13.2. The number of anilines is 2. The molecule has 2 amide bonds.